The Morgan fingerprint density at radius 2 is 1.86 bits per heavy atom. The van der Waals surface area contributed by atoms with Gasteiger partial charge in [0.1, 0.15) is 5.82 Å². The molecular weight excluding hydrogens is 266 g/mol. The van der Waals surface area contributed by atoms with Gasteiger partial charge in [-0.2, -0.15) is 0 Å². The van der Waals surface area contributed by atoms with Gasteiger partial charge in [-0.25, -0.2) is 14.8 Å². The SMILES string of the molecule is CC(C)c1ncc(NC2CCCCCCC2)c(C(=O)O)n1. The van der Waals surface area contributed by atoms with Crippen molar-refractivity contribution in [1.82, 2.24) is 9.97 Å². The largest absolute Gasteiger partial charge is 0.476 e. The fourth-order valence-corrected chi connectivity index (χ4v) is 2.76. The van der Waals surface area contributed by atoms with Crippen LogP contribution in [0.1, 0.15) is 81.0 Å². The number of carboxylic acid groups (broad SMARTS) is 1. The quantitative estimate of drug-likeness (QED) is 0.882. The molecule has 1 fully saturated rings. The molecule has 2 N–H and O–H groups in total. The van der Waals surface area contributed by atoms with Crippen LogP contribution in [0.15, 0.2) is 6.20 Å². The minimum absolute atomic E-state index is 0.0933. The molecule has 21 heavy (non-hydrogen) atoms. The Labute approximate surface area is 126 Å². The van der Waals surface area contributed by atoms with E-state index in [0.29, 0.717) is 17.6 Å². The molecule has 1 aromatic rings. The van der Waals surface area contributed by atoms with Gasteiger partial charge in [0.25, 0.3) is 0 Å². The Kier molecular flexibility index (Phi) is 5.53. The lowest BCUT2D eigenvalue weighted by Crippen LogP contribution is -2.23. The lowest BCUT2D eigenvalue weighted by Gasteiger charge is -2.22. The molecule has 0 spiro atoms. The highest BCUT2D eigenvalue weighted by molar-refractivity contribution is 5.91. The van der Waals surface area contributed by atoms with E-state index in [1.165, 1.54) is 32.1 Å². The lowest BCUT2D eigenvalue weighted by atomic mass is 9.96. The molecule has 0 amide bonds. The monoisotopic (exact) mass is 291 g/mol. The van der Waals surface area contributed by atoms with Gasteiger partial charge in [-0.1, -0.05) is 46.0 Å². The topological polar surface area (TPSA) is 75.1 Å². The summed E-state index contributed by atoms with van der Waals surface area (Å²) in [5.41, 5.74) is 0.647. The van der Waals surface area contributed by atoms with Crippen LogP contribution in [-0.4, -0.2) is 27.1 Å². The van der Waals surface area contributed by atoms with Crippen molar-refractivity contribution in [3.05, 3.63) is 17.7 Å². The lowest BCUT2D eigenvalue weighted by molar-refractivity contribution is 0.0691. The molecule has 1 aliphatic rings. The molecule has 2 rings (SSSR count). The standard InChI is InChI=1S/C16H25N3O2/c1-11(2)15-17-10-13(14(19-15)16(20)21)18-12-8-6-4-3-5-7-9-12/h10-12,18H,3-9H2,1-2H3,(H,20,21). The first kappa shape index (κ1) is 15.7. The van der Waals surface area contributed by atoms with Crippen LogP contribution in [0, 0.1) is 0 Å². The van der Waals surface area contributed by atoms with Gasteiger partial charge in [0.15, 0.2) is 5.69 Å². The summed E-state index contributed by atoms with van der Waals surface area (Å²) in [6, 6.07) is 0.330. The number of aromatic nitrogens is 2. The Hall–Kier alpha value is -1.65. The van der Waals surface area contributed by atoms with Crippen molar-refractivity contribution >= 4 is 11.7 Å². The Balaban J connectivity index is 2.15. The van der Waals surface area contributed by atoms with Crippen LogP contribution >= 0.6 is 0 Å². The fourth-order valence-electron chi connectivity index (χ4n) is 2.76. The predicted molar refractivity (Wildman–Crippen MR) is 82.8 cm³/mol. The molecule has 0 aromatic carbocycles. The maximum atomic E-state index is 11.4. The number of nitrogens with zero attached hydrogens (tertiary/aromatic N) is 2. The minimum atomic E-state index is -0.993. The minimum Gasteiger partial charge on any atom is -0.476 e. The molecule has 0 unspecified atom stereocenters. The van der Waals surface area contributed by atoms with E-state index in [2.05, 4.69) is 15.3 Å². The predicted octanol–water partition coefficient (Wildman–Crippen LogP) is 3.82. The molecule has 0 radical (unpaired) electrons. The van der Waals surface area contributed by atoms with E-state index in [1.54, 1.807) is 6.20 Å². The van der Waals surface area contributed by atoms with Crippen LogP contribution in [0.25, 0.3) is 0 Å². The van der Waals surface area contributed by atoms with Crippen LogP contribution in [0.2, 0.25) is 0 Å². The van der Waals surface area contributed by atoms with E-state index in [4.69, 9.17) is 0 Å². The number of hydrogen-bond acceptors (Lipinski definition) is 4. The highest BCUT2D eigenvalue weighted by atomic mass is 16.4. The average molecular weight is 291 g/mol. The summed E-state index contributed by atoms with van der Waals surface area (Å²) >= 11 is 0. The van der Waals surface area contributed by atoms with E-state index < -0.39 is 5.97 Å². The van der Waals surface area contributed by atoms with Crippen molar-refractivity contribution in [2.75, 3.05) is 5.32 Å². The maximum Gasteiger partial charge on any atom is 0.356 e. The molecular formula is C16H25N3O2. The average Bonchev–Trinajstić information content (AvgIpc) is 2.41. The molecule has 5 heteroatoms. The Bertz CT molecular complexity index is 480. The van der Waals surface area contributed by atoms with Gasteiger partial charge in [0, 0.05) is 12.0 Å². The molecule has 1 aliphatic carbocycles. The van der Waals surface area contributed by atoms with E-state index in [1.807, 2.05) is 13.8 Å². The summed E-state index contributed by atoms with van der Waals surface area (Å²) in [6.45, 7) is 3.92. The van der Waals surface area contributed by atoms with Gasteiger partial charge in [0.05, 0.1) is 11.9 Å². The number of aromatic carboxylic acids is 1. The smallest absolute Gasteiger partial charge is 0.356 e. The summed E-state index contributed by atoms with van der Waals surface area (Å²) in [7, 11) is 0. The summed E-state index contributed by atoms with van der Waals surface area (Å²) in [5.74, 6) is -0.290. The number of hydrogen-bond donors (Lipinski definition) is 2. The number of carboxylic acids is 1. The third-order valence-corrected chi connectivity index (χ3v) is 3.99. The van der Waals surface area contributed by atoms with Crippen LogP contribution in [0.5, 0.6) is 0 Å². The van der Waals surface area contributed by atoms with E-state index in [0.717, 1.165) is 12.8 Å². The molecule has 0 atom stereocenters. The van der Waals surface area contributed by atoms with Gasteiger partial charge in [0.2, 0.25) is 0 Å². The molecule has 0 saturated heterocycles. The molecule has 1 saturated carbocycles. The Morgan fingerprint density at radius 1 is 1.24 bits per heavy atom. The first-order chi connectivity index (χ1) is 10.1. The van der Waals surface area contributed by atoms with E-state index >= 15 is 0 Å². The summed E-state index contributed by atoms with van der Waals surface area (Å²) in [6.07, 6.45) is 10.1. The number of carbonyl (C=O) groups is 1. The first-order valence-electron chi connectivity index (χ1n) is 7.94. The fraction of sp³-hybridized carbons (Fsp3) is 0.688. The highest BCUT2D eigenvalue weighted by Gasteiger charge is 2.19. The zero-order chi connectivity index (χ0) is 15.2. The zero-order valence-corrected chi connectivity index (χ0v) is 12.9. The summed E-state index contributed by atoms with van der Waals surface area (Å²) < 4.78 is 0. The van der Waals surface area contributed by atoms with Gasteiger partial charge in [-0.05, 0) is 12.8 Å². The molecule has 1 heterocycles. The van der Waals surface area contributed by atoms with Crippen molar-refractivity contribution in [1.29, 1.82) is 0 Å². The van der Waals surface area contributed by atoms with Gasteiger partial charge in [-0.3, -0.25) is 0 Å². The van der Waals surface area contributed by atoms with Crippen LogP contribution in [0.3, 0.4) is 0 Å². The summed E-state index contributed by atoms with van der Waals surface area (Å²) in [4.78, 5) is 19.9. The molecule has 5 nitrogen and oxygen atoms in total. The third-order valence-electron chi connectivity index (χ3n) is 3.99. The molecule has 116 valence electrons. The molecule has 0 aliphatic heterocycles. The second kappa shape index (κ2) is 7.38. The normalized spacial score (nSPS) is 17.3. The number of anilines is 1. The van der Waals surface area contributed by atoms with Crippen molar-refractivity contribution in [2.24, 2.45) is 0 Å². The number of nitrogens with one attached hydrogen (secondary N) is 1. The highest BCUT2D eigenvalue weighted by Crippen LogP contribution is 2.23. The van der Waals surface area contributed by atoms with Gasteiger partial charge >= 0.3 is 5.97 Å². The van der Waals surface area contributed by atoms with Crippen LogP contribution in [-0.2, 0) is 0 Å². The van der Waals surface area contributed by atoms with Crippen molar-refractivity contribution < 1.29 is 9.90 Å². The van der Waals surface area contributed by atoms with Crippen LogP contribution < -0.4 is 5.32 Å². The number of rotatable bonds is 4. The van der Waals surface area contributed by atoms with Crippen molar-refractivity contribution in [3.8, 4) is 0 Å². The first-order valence-corrected chi connectivity index (χ1v) is 7.94. The van der Waals surface area contributed by atoms with E-state index in [-0.39, 0.29) is 11.6 Å². The summed E-state index contributed by atoms with van der Waals surface area (Å²) in [5, 5.41) is 12.7. The second-order valence-electron chi connectivity index (χ2n) is 6.14. The third kappa shape index (κ3) is 4.41. The maximum absolute atomic E-state index is 11.4. The van der Waals surface area contributed by atoms with Gasteiger partial charge in [-0.15, -0.1) is 0 Å². The molecule has 1 aromatic heterocycles. The van der Waals surface area contributed by atoms with Crippen LogP contribution in [0.4, 0.5) is 5.69 Å². The molecule has 0 bridgehead atoms. The zero-order valence-electron chi connectivity index (χ0n) is 12.9. The van der Waals surface area contributed by atoms with Gasteiger partial charge < -0.3 is 10.4 Å². The Morgan fingerprint density at radius 3 is 2.43 bits per heavy atom. The van der Waals surface area contributed by atoms with Crippen molar-refractivity contribution in [3.63, 3.8) is 0 Å². The van der Waals surface area contributed by atoms with E-state index in [9.17, 15) is 9.90 Å². The second-order valence-corrected chi connectivity index (χ2v) is 6.14. The van der Waals surface area contributed by atoms with Crippen molar-refractivity contribution in [2.45, 2.75) is 70.8 Å².